The van der Waals surface area contributed by atoms with E-state index in [1.807, 2.05) is 40.9 Å². The van der Waals surface area contributed by atoms with Crippen molar-refractivity contribution in [1.82, 2.24) is 44.7 Å². The van der Waals surface area contributed by atoms with E-state index in [4.69, 9.17) is 11.6 Å². The number of fused-ring (bicyclic) bond motifs is 3. The Bertz CT molecular complexity index is 1090. The van der Waals surface area contributed by atoms with Crippen LogP contribution in [0.3, 0.4) is 0 Å². The lowest BCUT2D eigenvalue weighted by atomic mass is 10.1. The third-order valence-corrected chi connectivity index (χ3v) is 5.18. The molecule has 29 heavy (non-hydrogen) atoms. The largest absolute Gasteiger partial charge is 0.340 e. The van der Waals surface area contributed by atoms with Crippen molar-refractivity contribution in [2.75, 3.05) is 0 Å². The number of nitrogens with zero attached hydrogens (tertiary/aromatic N) is 8. The fourth-order valence-corrected chi connectivity index (χ4v) is 3.99. The van der Waals surface area contributed by atoms with Crippen molar-refractivity contribution in [3.05, 3.63) is 23.1 Å². The molecular weight excluding hydrogens is 390 g/mol. The summed E-state index contributed by atoms with van der Waals surface area (Å²) in [5, 5.41) is 12.9. The molecule has 0 spiro atoms. The standard InChI is InChI=1S/C15H16ClN9.2C2H6/c1-7-18-10-11(19-7)13(16)20-15-12(10)17-6-25(15)9-4-3-8(5-9)14-21-23-24(2)22-14;2*1-2/h6,8-9H,3-5H2,1-2H3,(H,18,19);2*1-2H3/t8-,9?;;/m1../s1. The fourth-order valence-electron chi connectivity index (χ4n) is 3.77. The van der Waals surface area contributed by atoms with E-state index >= 15 is 0 Å². The van der Waals surface area contributed by atoms with Crippen LogP contribution in [0.15, 0.2) is 6.33 Å². The first-order valence-corrected chi connectivity index (χ1v) is 10.6. The number of pyridine rings is 1. The van der Waals surface area contributed by atoms with Gasteiger partial charge in [0.15, 0.2) is 16.6 Å². The van der Waals surface area contributed by atoms with Crippen LogP contribution < -0.4 is 0 Å². The number of H-pyrrole nitrogens is 1. The van der Waals surface area contributed by atoms with Gasteiger partial charge in [-0.1, -0.05) is 39.3 Å². The second kappa shape index (κ2) is 8.86. The SMILES string of the molecule is CC.CC.Cc1nc2c(Cl)nc3c(ncn3C3CC[C@@H](c4nnn(C)n4)C3)c2[nH]1. The molecule has 0 bridgehead atoms. The molecule has 0 saturated heterocycles. The van der Waals surface area contributed by atoms with Crippen LogP contribution in [0.4, 0.5) is 0 Å². The molecule has 1 saturated carbocycles. The Morgan fingerprint density at radius 2 is 1.86 bits per heavy atom. The highest BCUT2D eigenvalue weighted by Crippen LogP contribution is 2.41. The molecule has 1 fully saturated rings. The van der Waals surface area contributed by atoms with Gasteiger partial charge in [0, 0.05) is 12.0 Å². The molecule has 4 heterocycles. The molecule has 0 amide bonds. The van der Waals surface area contributed by atoms with Gasteiger partial charge < -0.3 is 9.55 Å². The maximum atomic E-state index is 6.35. The quantitative estimate of drug-likeness (QED) is 0.486. The first-order valence-electron chi connectivity index (χ1n) is 10.2. The summed E-state index contributed by atoms with van der Waals surface area (Å²) in [5.41, 5.74) is 3.11. The molecule has 1 aliphatic carbocycles. The van der Waals surface area contributed by atoms with Crippen LogP contribution in [0, 0.1) is 6.92 Å². The third-order valence-electron chi connectivity index (χ3n) is 4.91. The average Bonchev–Trinajstić information content (AvgIpc) is 3.50. The van der Waals surface area contributed by atoms with E-state index < -0.39 is 0 Å². The van der Waals surface area contributed by atoms with Crippen molar-refractivity contribution in [3.8, 4) is 0 Å². The topological polar surface area (TPSA) is 103 Å². The van der Waals surface area contributed by atoms with Gasteiger partial charge in [0.25, 0.3) is 0 Å². The number of halogens is 1. The summed E-state index contributed by atoms with van der Waals surface area (Å²) in [7, 11) is 1.79. The van der Waals surface area contributed by atoms with Crippen LogP contribution in [-0.4, -0.2) is 44.7 Å². The Hall–Kier alpha value is -2.55. The van der Waals surface area contributed by atoms with Crippen LogP contribution in [0.1, 0.15) is 70.6 Å². The normalized spacial score (nSPS) is 18.4. The van der Waals surface area contributed by atoms with E-state index in [0.717, 1.165) is 47.6 Å². The number of hydrogen-bond donors (Lipinski definition) is 1. The van der Waals surface area contributed by atoms with Gasteiger partial charge in [-0.25, -0.2) is 15.0 Å². The van der Waals surface area contributed by atoms with Crippen LogP contribution >= 0.6 is 11.6 Å². The fraction of sp³-hybridized carbons (Fsp3) is 0.579. The highest BCUT2D eigenvalue weighted by atomic mass is 35.5. The summed E-state index contributed by atoms with van der Waals surface area (Å²) >= 11 is 6.35. The molecule has 1 aliphatic rings. The lowest BCUT2D eigenvalue weighted by Crippen LogP contribution is -2.06. The highest BCUT2D eigenvalue weighted by molar-refractivity contribution is 6.34. The molecule has 10 heteroatoms. The maximum absolute atomic E-state index is 6.35. The molecule has 2 atom stereocenters. The predicted octanol–water partition coefficient (Wildman–Crippen LogP) is 4.35. The van der Waals surface area contributed by atoms with Gasteiger partial charge >= 0.3 is 0 Å². The van der Waals surface area contributed by atoms with E-state index in [-0.39, 0.29) is 0 Å². The lowest BCUT2D eigenvalue weighted by molar-refractivity contribution is 0.515. The summed E-state index contributed by atoms with van der Waals surface area (Å²) in [6.45, 7) is 9.90. The first-order chi connectivity index (χ1) is 14.1. The van der Waals surface area contributed by atoms with Crippen molar-refractivity contribution in [1.29, 1.82) is 0 Å². The number of imidazole rings is 2. The number of aromatic amines is 1. The number of aryl methyl sites for hydroxylation is 2. The number of aromatic nitrogens is 9. The van der Waals surface area contributed by atoms with E-state index in [1.54, 1.807) is 7.05 Å². The van der Waals surface area contributed by atoms with E-state index in [2.05, 4.69) is 39.9 Å². The van der Waals surface area contributed by atoms with E-state index in [9.17, 15) is 0 Å². The Kier molecular flexibility index (Phi) is 6.46. The average molecular weight is 418 g/mol. The molecule has 4 aromatic heterocycles. The van der Waals surface area contributed by atoms with Gasteiger partial charge in [0.2, 0.25) is 0 Å². The molecule has 5 rings (SSSR count). The van der Waals surface area contributed by atoms with Crippen molar-refractivity contribution in [2.45, 2.75) is 65.8 Å². The molecule has 0 radical (unpaired) electrons. The van der Waals surface area contributed by atoms with Gasteiger partial charge in [-0.05, 0) is 31.4 Å². The van der Waals surface area contributed by atoms with Crippen molar-refractivity contribution in [2.24, 2.45) is 7.05 Å². The summed E-state index contributed by atoms with van der Waals surface area (Å²) < 4.78 is 2.12. The third kappa shape index (κ3) is 3.83. The maximum Gasteiger partial charge on any atom is 0.177 e. The zero-order valence-electron chi connectivity index (χ0n) is 17.8. The number of nitrogens with one attached hydrogen (secondary N) is 1. The van der Waals surface area contributed by atoms with Gasteiger partial charge in [-0.15, -0.1) is 10.2 Å². The number of hydrogen-bond acceptors (Lipinski definition) is 6. The lowest BCUT2D eigenvalue weighted by Gasteiger charge is -2.12. The summed E-state index contributed by atoms with van der Waals surface area (Å²) in [4.78, 5) is 18.3. The molecule has 156 valence electrons. The van der Waals surface area contributed by atoms with Gasteiger partial charge in [0.05, 0.1) is 18.9 Å². The van der Waals surface area contributed by atoms with Crippen molar-refractivity contribution in [3.63, 3.8) is 0 Å². The molecule has 0 aromatic carbocycles. The minimum atomic E-state index is 0.295. The van der Waals surface area contributed by atoms with E-state index in [1.165, 1.54) is 4.80 Å². The van der Waals surface area contributed by atoms with Gasteiger partial charge in [-0.3, -0.25) is 0 Å². The number of rotatable bonds is 2. The Balaban J connectivity index is 0.000000568. The second-order valence-corrected chi connectivity index (χ2v) is 6.93. The van der Waals surface area contributed by atoms with Crippen LogP contribution in [0.2, 0.25) is 5.15 Å². The first kappa shape index (κ1) is 21.2. The second-order valence-electron chi connectivity index (χ2n) is 6.57. The summed E-state index contributed by atoms with van der Waals surface area (Å²) in [6.07, 6.45) is 4.83. The summed E-state index contributed by atoms with van der Waals surface area (Å²) in [5.74, 6) is 1.92. The molecule has 1 N–H and O–H groups in total. The molecule has 9 nitrogen and oxygen atoms in total. The monoisotopic (exact) mass is 417 g/mol. The number of tetrazole rings is 1. The molecular formula is C19H28ClN9. The highest BCUT2D eigenvalue weighted by Gasteiger charge is 2.31. The molecule has 0 aliphatic heterocycles. The van der Waals surface area contributed by atoms with Crippen LogP contribution in [0.25, 0.3) is 22.2 Å². The zero-order chi connectivity index (χ0) is 21.1. The Labute approximate surface area is 174 Å². The Morgan fingerprint density at radius 1 is 1.10 bits per heavy atom. The van der Waals surface area contributed by atoms with E-state index in [0.29, 0.717) is 22.6 Å². The Morgan fingerprint density at radius 3 is 2.55 bits per heavy atom. The van der Waals surface area contributed by atoms with Crippen LogP contribution in [0.5, 0.6) is 0 Å². The van der Waals surface area contributed by atoms with Gasteiger partial charge in [-0.2, -0.15) is 4.80 Å². The van der Waals surface area contributed by atoms with Crippen molar-refractivity contribution < 1.29 is 0 Å². The zero-order valence-corrected chi connectivity index (χ0v) is 18.6. The smallest absolute Gasteiger partial charge is 0.177 e. The predicted molar refractivity (Wildman–Crippen MR) is 114 cm³/mol. The van der Waals surface area contributed by atoms with Crippen LogP contribution in [-0.2, 0) is 7.05 Å². The summed E-state index contributed by atoms with van der Waals surface area (Å²) in [6, 6.07) is 0.295. The minimum absolute atomic E-state index is 0.295. The van der Waals surface area contributed by atoms with Gasteiger partial charge in [0.1, 0.15) is 16.9 Å². The van der Waals surface area contributed by atoms with Crippen molar-refractivity contribution >= 4 is 33.8 Å². The minimum Gasteiger partial charge on any atom is -0.340 e. The molecule has 4 aromatic rings. The molecule has 1 unspecified atom stereocenters.